The second kappa shape index (κ2) is 8.15. The van der Waals surface area contributed by atoms with Crippen molar-refractivity contribution in [1.82, 2.24) is 19.8 Å². The topological polar surface area (TPSA) is 49.3 Å². The van der Waals surface area contributed by atoms with Crippen molar-refractivity contribution in [1.29, 1.82) is 0 Å². The molecule has 2 aliphatic rings. The van der Waals surface area contributed by atoms with Crippen LogP contribution < -0.4 is 0 Å². The summed E-state index contributed by atoms with van der Waals surface area (Å²) in [4.78, 5) is 27.2. The van der Waals surface area contributed by atoms with Crippen LogP contribution in [0.3, 0.4) is 0 Å². The van der Waals surface area contributed by atoms with Gasteiger partial charge in [0.15, 0.2) is 0 Å². The normalized spacial score (nSPS) is 17.2. The van der Waals surface area contributed by atoms with Crippen LogP contribution in [-0.4, -0.2) is 51.9 Å². The molecule has 1 saturated heterocycles. The second-order valence-electron chi connectivity index (χ2n) is 8.56. The molecule has 2 aromatic heterocycles. The van der Waals surface area contributed by atoms with Crippen molar-refractivity contribution >= 4 is 16.8 Å². The van der Waals surface area contributed by atoms with Gasteiger partial charge in [-0.05, 0) is 68.0 Å². The number of benzene rings is 1. The minimum Gasteiger partial charge on any atom is -0.336 e. The number of hydrogen-bond donors (Lipinski definition) is 0. The van der Waals surface area contributed by atoms with Crippen molar-refractivity contribution in [3.8, 4) is 0 Å². The van der Waals surface area contributed by atoms with Gasteiger partial charge < -0.3 is 4.90 Å². The van der Waals surface area contributed by atoms with E-state index in [1.165, 1.54) is 23.1 Å². The summed E-state index contributed by atoms with van der Waals surface area (Å²) in [6.45, 7) is 6.35. The molecule has 3 heterocycles. The average Bonchev–Trinajstić information content (AvgIpc) is 2.78. The van der Waals surface area contributed by atoms with E-state index in [1.54, 1.807) is 0 Å². The van der Waals surface area contributed by atoms with Gasteiger partial charge in [0.2, 0.25) is 0 Å². The Kier molecular flexibility index (Phi) is 5.21. The van der Waals surface area contributed by atoms with Crippen LogP contribution >= 0.6 is 0 Å². The molecule has 0 spiro atoms. The number of nitrogens with zero attached hydrogens (tertiary/aromatic N) is 4. The van der Waals surface area contributed by atoms with Gasteiger partial charge in [0.1, 0.15) is 0 Å². The third-order valence-electron chi connectivity index (χ3n) is 6.45. The lowest BCUT2D eigenvalue weighted by Crippen LogP contribution is -2.48. The Morgan fingerprint density at radius 1 is 1.00 bits per heavy atom. The van der Waals surface area contributed by atoms with E-state index >= 15 is 0 Å². The Hall–Kier alpha value is -2.79. The Bertz CT molecular complexity index is 1070. The van der Waals surface area contributed by atoms with Crippen LogP contribution in [0.15, 0.2) is 42.7 Å². The number of aryl methyl sites for hydroxylation is 2. The molecule has 154 valence electrons. The summed E-state index contributed by atoms with van der Waals surface area (Å²) in [7, 11) is 0. The molecule has 0 radical (unpaired) electrons. The molecule has 3 aromatic rings. The van der Waals surface area contributed by atoms with E-state index in [4.69, 9.17) is 4.98 Å². The first-order chi connectivity index (χ1) is 14.7. The van der Waals surface area contributed by atoms with Crippen LogP contribution in [0.25, 0.3) is 10.9 Å². The van der Waals surface area contributed by atoms with Crippen LogP contribution in [0.4, 0.5) is 0 Å². The molecular formula is C25H28N4O. The van der Waals surface area contributed by atoms with Gasteiger partial charge in [-0.15, -0.1) is 0 Å². The molecule has 0 unspecified atom stereocenters. The van der Waals surface area contributed by atoms with E-state index in [1.807, 2.05) is 12.4 Å². The van der Waals surface area contributed by atoms with E-state index in [2.05, 4.69) is 52.0 Å². The lowest BCUT2D eigenvalue weighted by atomic mass is 9.89. The Morgan fingerprint density at radius 3 is 2.57 bits per heavy atom. The summed E-state index contributed by atoms with van der Waals surface area (Å²) >= 11 is 0. The fourth-order valence-electron chi connectivity index (χ4n) is 4.80. The second-order valence-corrected chi connectivity index (χ2v) is 8.56. The van der Waals surface area contributed by atoms with Crippen LogP contribution in [0, 0.1) is 6.92 Å². The van der Waals surface area contributed by atoms with Gasteiger partial charge in [0, 0.05) is 56.2 Å². The first kappa shape index (κ1) is 19.2. The number of rotatable bonds is 3. The zero-order valence-corrected chi connectivity index (χ0v) is 17.6. The summed E-state index contributed by atoms with van der Waals surface area (Å²) < 4.78 is 0. The molecule has 1 amide bonds. The van der Waals surface area contributed by atoms with Crippen molar-refractivity contribution in [3.63, 3.8) is 0 Å². The third kappa shape index (κ3) is 3.70. The number of amides is 1. The highest BCUT2D eigenvalue weighted by atomic mass is 16.2. The number of piperazine rings is 1. The highest BCUT2D eigenvalue weighted by Crippen LogP contribution is 2.31. The predicted octanol–water partition coefficient (Wildman–Crippen LogP) is 3.78. The summed E-state index contributed by atoms with van der Waals surface area (Å²) in [6, 6.07) is 10.4. The molecule has 1 aliphatic heterocycles. The number of carbonyl (C=O) groups excluding carboxylic acids is 1. The quantitative estimate of drug-likeness (QED) is 0.671. The number of fused-ring (bicyclic) bond motifs is 2. The smallest absolute Gasteiger partial charge is 0.254 e. The molecule has 5 heteroatoms. The monoisotopic (exact) mass is 400 g/mol. The Balaban J connectivity index is 1.40. The largest absolute Gasteiger partial charge is 0.336 e. The Morgan fingerprint density at radius 2 is 1.77 bits per heavy atom. The minimum absolute atomic E-state index is 0.190. The number of pyridine rings is 2. The summed E-state index contributed by atoms with van der Waals surface area (Å²) in [6.07, 6.45) is 7.95. The lowest BCUT2D eigenvalue weighted by Gasteiger charge is -2.35. The van der Waals surface area contributed by atoms with Gasteiger partial charge in [-0.3, -0.25) is 19.7 Å². The van der Waals surface area contributed by atoms with Crippen molar-refractivity contribution in [3.05, 3.63) is 70.7 Å². The number of aromatic nitrogens is 2. The molecule has 1 fully saturated rings. The molecule has 0 N–H and O–H groups in total. The molecule has 0 bridgehead atoms. The predicted molar refractivity (Wildman–Crippen MR) is 119 cm³/mol. The number of carbonyl (C=O) groups is 1. The maximum atomic E-state index is 13.7. The van der Waals surface area contributed by atoms with E-state index in [0.29, 0.717) is 0 Å². The van der Waals surface area contributed by atoms with Crippen LogP contribution in [0.5, 0.6) is 0 Å². The van der Waals surface area contributed by atoms with Crippen molar-refractivity contribution < 1.29 is 4.79 Å². The van der Waals surface area contributed by atoms with Gasteiger partial charge in [-0.25, -0.2) is 0 Å². The summed E-state index contributed by atoms with van der Waals surface area (Å²) in [5, 5.41) is 1.03. The minimum atomic E-state index is 0.190. The maximum Gasteiger partial charge on any atom is 0.254 e. The molecule has 0 saturated carbocycles. The lowest BCUT2D eigenvalue weighted by molar-refractivity contribution is 0.0629. The van der Waals surface area contributed by atoms with Gasteiger partial charge in [0.25, 0.3) is 5.91 Å². The average molecular weight is 401 g/mol. The van der Waals surface area contributed by atoms with Gasteiger partial charge in [0.05, 0.1) is 11.1 Å². The zero-order valence-electron chi connectivity index (χ0n) is 17.6. The molecule has 5 rings (SSSR count). The summed E-state index contributed by atoms with van der Waals surface area (Å²) in [5.41, 5.74) is 6.66. The highest BCUT2D eigenvalue weighted by Gasteiger charge is 2.28. The van der Waals surface area contributed by atoms with Crippen LogP contribution in [-0.2, 0) is 19.4 Å². The zero-order chi connectivity index (χ0) is 20.5. The van der Waals surface area contributed by atoms with Crippen molar-refractivity contribution in [2.75, 3.05) is 26.2 Å². The highest BCUT2D eigenvalue weighted by molar-refractivity contribution is 6.08. The third-order valence-corrected chi connectivity index (χ3v) is 6.45. The summed E-state index contributed by atoms with van der Waals surface area (Å²) in [5.74, 6) is 0.190. The van der Waals surface area contributed by atoms with Crippen LogP contribution in [0.1, 0.15) is 45.6 Å². The first-order valence-corrected chi connectivity index (χ1v) is 11.0. The molecular weight excluding hydrogens is 372 g/mol. The maximum absolute atomic E-state index is 13.7. The van der Waals surface area contributed by atoms with E-state index in [0.717, 1.165) is 74.1 Å². The SMILES string of the molecule is Cc1ccc2nc3c(c(C(=O)N4CCN(Cc5ccncc5)CC4)c2c1)CCCC3. The molecule has 0 atom stereocenters. The molecule has 30 heavy (non-hydrogen) atoms. The standard InChI is InChI=1S/C25H28N4O/c1-18-6-7-23-21(16-18)24(20-4-2-3-5-22(20)27-23)25(30)29-14-12-28(13-15-29)17-19-8-10-26-11-9-19/h6-11,16H,2-5,12-15,17H2,1H3. The van der Waals surface area contributed by atoms with Gasteiger partial charge in [-0.1, -0.05) is 11.6 Å². The van der Waals surface area contributed by atoms with Gasteiger partial charge >= 0.3 is 0 Å². The Labute approximate surface area is 177 Å². The van der Waals surface area contributed by atoms with Crippen LogP contribution in [0.2, 0.25) is 0 Å². The van der Waals surface area contributed by atoms with E-state index < -0.39 is 0 Å². The van der Waals surface area contributed by atoms with Gasteiger partial charge in [-0.2, -0.15) is 0 Å². The van der Waals surface area contributed by atoms with E-state index in [9.17, 15) is 4.79 Å². The van der Waals surface area contributed by atoms with Crippen molar-refractivity contribution in [2.45, 2.75) is 39.2 Å². The fraction of sp³-hybridized carbons (Fsp3) is 0.400. The molecule has 1 aliphatic carbocycles. The fourth-order valence-corrected chi connectivity index (χ4v) is 4.80. The molecule has 1 aromatic carbocycles. The van der Waals surface area contributed by atoms with Crippen molar-refractivity contribution in [2.24, 2.45) is 0 Å². The number of hydrogen-bond acceptors (Lipinski definition) is 4. The molecule has 5 nitrogen and oxygen atoms in total. The first-order valence-electron chi connectivity index (χ1n) is 11.0. The van der Waals surface area contributed by atoms with E-state index in [-0.39, 0.29) is 5.91 Å².